The molecular weight excluding hydrogens is 422 g/mol. The first kappa shape index (κ1) is 19.9. The van der Waals surface area contributed by atoms with Crippen LogP contribution in [-0.2, 0) is 5.41 Å². The number of para-hydroxylation sites is 2. The predicted molar refractivity (Wildman–Crippen MR) is 138 cm³/mol. The molecule has 0 aliphatic carbocycles. The van der Waals surface area contributed by atoms with E-state index in [9.17, 15) is 0 Å². The first-order valence-corrected chi connectivity index (χ1v) is 11.9. The average molecular weight is 446 g/mol. The fourth-order valence-corrected chi connectivity index (χ4v) is 5.44. The summed E-state index contributed by atoms with van der Waals surface area (Å²) in [4.78, 5) is 7.23. The highest BCUT2D eigenvalue weighted by molar-refractivity contribution is 7.09. The minimum atomic E-state index is -0.111. The molecule has 0 saturated carbocycles. The summed E-state index contributed by atoms with van der Waals surface area (Å²) in [6.07, 6.45) is 0. The quantitative estimate of drug-likeness (QED) is 0.282. The Balaban J connectivity index is 1.52. The second-order valence-corrected chi connectivity index (χ2v) is 9.59. The van der Waals surface area contributed by atoms with Gasteiger partial charge in [0, 0.05) is 22.2 Å². The van der Waals surface area contributed by atoms with Gasteiger partial charge in [0.2, 0.25) is 0 Å². The zero-order valence-corrected chi connectivity index (χ0v) is 19.4. The van der Waals surface area contributed by atoms with Gasteiger partial charge in [0.25, 0.3) is 0 Å². The van der Waals surface area contributed by atoms with Gasteiger partial charge >= 0.3 is 0 Å². The van der Waals surface area contributed by atoms with E-state index < -0.39 is 0 Å². The second-order valence-electron chi connectivity index (χ2n) is 8.83. The molecule has 0 unspecified atom stereocenters. The molecule has 0 radical (unpaired) electrons. The summed E-state index contributed by atoms with van der Waals surface area (Å²) in [7, 11) is 0. The van der Waals surface area contributed by atoms with E-state index >= 15 is 0 Å². The third kappa shape index (κ3) is 3.26. The predicted octanol–water partition coefficient (Wildman–Crippen LogP) is 7.98. The van der Waals surface area contributed by atoms with Crippen LogP contribution in [0.4, 0.5) is 17.1 Å². The van der Waals surface area contributed by atoms with Crippen molar-refractivity contribution in [3.63, 3.8) is 0 Å². The molecule has 0 bridgehead atoms. The molecule has 0 atom stereocenters. The Labute approximate surface area is 198 Å². The van der Waals surface area contributed by atoms with Crippen LogP contribution in [0, 0.1) is 0 Å². The van der Waals surface area contributed by atoms with E-state index in [0.29, 0.717) is 0 Å². The van der Waals surface area contributed by atoms with Gasteiger partial charge in [-0.1, -0.05) is 92.7 Å². The van der Waals surface area contributed by atoms with Gasteiger partial charge in [-0.15, -0.1) is 0 Å². The van der Waals surface area contributed by atoms with E-state index in [0.717, 1.165) is 27.6 Å². The number of anilines is 3. The van der Waals surface area contributed by atoms with Crippen molar-refractivity contribution < 1.29 is 0 Å². The third-order valence-corrected chi connectivity index (χ3v) is 7.21. The molecule has 3 nitrogen and oxygen atoms in total. The van der Waals surface area contributed by atoms with Crippen molar-refractivity contribution in [2.24, 2.45) is 0 Å². The summed E-state index contributed by atoms with van der Waals surface area (Å²) in [5.41, 5.74) is 8.19. The normalized spacial score (nSPS) is 13.9. The van der Waals surface area contributed by atoms with Crippen LogP contribution in [0.3, 0.4) is 0 Å². The van der Waals surface area contributed by atoms with Crippen molar-refractivity contribution in [3.05, 3.63) is 114 Å². The lowest BCUT2D eigenvalue weighted by atomic mass is 9.73. The Morgan fingerprint density at radius 1 is 0.667 bits per heavy atom. The van der Waals surface area contributed by atoms with Crippen molar-refractivity contribution in [1.82, 2.24) is 9.36 Å². The van der Waals surface area contributed by atoms with Crippen LogP contribution in [0.15, 0.2) is 103 Å². The van der Waals surface area contributed by atoms with E-state index in [-0.39, 0.29) is 5.41 Å². The Bertz CT molecular complexity index is 1440. The molecule has 4 aromatic carbocycles. The molecule has 0 spiro atoms. The molecule has 0 N–H and O–H groups in total. The minimum absolute atomic E-state index is 0.111. The maximum atomic E-state index is 4.87. The van der Waals surface area contributed by atoms with E-state index in [2.05, 4.69) is 104 Å². The Morgan fingerprint density at radius 2 is 1.33 bits per heavy atom. The summed E-state index contributed by atoms with van der Waals surface area (Å²) in [6, 6.07) is 36.2. The van der Waals surface area contributed by atoms with Crippen LogP contribution in [0.1, 0.15) is 25.0 Å². The van der Waals surface area contributed by atoms with Crippen LogP contribution < -0.4 is 4.90 Å². The molecule has 160 valence electrons. The number of nitrogens with zero attached hydrogens (tertiary/aromatic N) is 3. The fourth-order valence-electron chi connectivity index (χ4n) is 4.75. The van der Waals surface area contributed by atoms with Crippen LogP contribution in [0.5, 0.6) is 0 Å². The third-order valence-electron chi connectivity index (χ3n) is 6.45. The van der Waals surface area contributed by atoms with E-state index in [1.807, 2.05) is 18.2 Å². The second kappa shape index (κ2) is 7.68. The number of benzene rings is 4. The number of rotatable bonds is 3. The van der Waals surface area contributed by atoms with Crippen LogP contribution in [-0.4, -0.2) is 9.36 Å². The molecule has 6 rings (SSSR count). The molecule has 0 fully saturated rings. The summed E-state index contributed by atoms with van der Waals surface area (Å²) in [5, 5.41) is 0.939. The molecule has 2 heterocycles. The molecule has 1 aliphatic rings. The van der Waals surface area contributed by atoms with Gasteiger partial charge in [0.05, 0.1) is 11.4 Å². The summed E-state index contributed by atoms with van der Waals surface area (Å²) in [6.45, 7) is 4.61. The highest BCUT2D eigenvalue weighted by Crippen LogP contribution is 2.52. The van der Waals surface area contributed by atoms with Crippen molar-refractivity contribution >= 4 is 28.6 Å². The van der Waals surface area contributed by atoms with Crippen LogP contribution >= 0.6 is 11.5 Å². The number of hydrogen-bond donors (Lipinski definition) is 0. The molecular formula is C29H23N3S. The zero-order chi connectivity index (χ0) is 22.4. The van der Waals surface area contributed by atoms with Gasteiger partial charge in [0.15, 0.2) is 5.82 Å². The Kier molecular flexibility index (Phi) is 4.63. The molecule has 1 aliphatic heterocycles. The lowest BCUT2D eigenvalue weighted by molar-refractivity contribution is 0.632. The molecule has 33 heavy (non-hydrogen) atoms. The zero-order valence-electron chi connectivity index (χ0n) is 18.6. The first-order valence-electron chi connectivity index (χ1n) is 11.1. The summed E-state index contributed by atoms with van der Waals surface area (Å²) >= 11 is 1.45. The molecule has 1 aromatic heterocycles. The van der Waals surface area contributed by atoms with E-state index in [1.54, 1.807) is 0 Å². The standard InChI is InChI=1S/C29H23N3S/c1-29(2)23-15-9-10-16-25(23)32(22-13-7-4-8-14-22)26-19-21(17-18-24(26)29)27-30-28(33-31-27)20-11-5-3-6-12-20/h3-19H,1-2H3. The Hall–Kier alpha value is -3.76. The molecule has 0 saturated heterocycles. The number of hydrogen-bond acceptors (Lipinski definition) is 4. The monoisotopic (exact) mass is 445 g/mol. The van der Waals surface area contributed by atoms with Gasteiger partial charge in [-0.3, -0.25) is 0 Å². The SMILES string of the molecule is CC1(C)c2ccccc2N(c2ccccc2)c2cc(-c3nsc(-c4ccccc4)n3)ccc21. The van der Waals surface area contributed by atoms with Gasteiger partial charge in [0.1, 0.15) is 5.01 Å². The van der Waals surface area contributed by atoms with Crippen molar-refractivity contribution in [3.8, 4) is 22.0 Å². The minimum Gasteiger partial charge on any atom is -0.310 e. The topological polar surface area (TPSA) is 29.0 Å². The lowest BCUT2D eigenvalue weighted by Crippen LogP contribution is -2.30. The van der Waals surface area contributed by atoms with Crippen LogP contribution in [0.25, 0.3) is 22.0 Å². The van der Waals surface area contributed by atoms with Gasteiger partial charge < -0.3 is 4.90 Å². The van der Waals surface area contributed by atoms with Crippen molar-refractivity contribution in [2.45, 2.75) is 19.3 Å². The number of aromatic nitrogens is 2. The van der Waals surface area contributed by atoms with Gasteiger partial charge in [-0.2, -0.15) is 4.37 Å². The van der Waals surface area contributed by atoms with Crippen molar-refractivity contribution in [2.75, 3.05) is 4.90 Å². The molecule has 0 amide bonds. The summed E-state index contributed by atoms with van der Waals surface area (Å²) in [5.74, 6) is 0.770. The highest BCUT2D eigenvalue weighted by Gasteiger charge is 2.36. The van der Waals surface area contributed by atoms with Crippen LogP contribution in [0.2, 0.25) is 0 Å². The van der Waals surface area contributed by atoms with Gasteiger partial charge in [-0.05, 0) is 46.9 Å². The summed E-state index contributed by atoms with van der Waals surface area (Å²) < 4.78 is 4.70. The van der Waals surface area contributed by atoms with Gasteiger partial charge in [-0.25, -0.2) is 4.98 Å². The average Bonchev–Trinajstić information content (AvgIpc) is 3.36. The smallest absolute Gasteiger partial charge is 0.173 e. The van der Waals surface area contributed by atoms with E-state index in [4.69, 9.17) is 9.36 Å². The van der Waals surface area contributed by atoms with E-state index in [1.165, 1.54) is 34.0 Å². The maximum Gasteiger partial charge on any atom is 0.173 e. The maximum absolute atomic E-state index is 4.87. The Morgan fingerprint density at radius 3 is 2.12 bits per heavy atom. The fraction of sp³-hybridized carbons (Fsp3) is 0.103. The highest BCUT2D eigenvalue weighted by atomic mass is 32.1. The number of fused-ring (bicyclic) bond motifs is 2. The largest absolute Gasteiger partial charge is 0.310 e. The molecule has 4 heteroatoms. The molecule has 5 aromatic rings. The first-order chi connectivity index (χ1) is 16.1. The lowest BCUT2D eigenvalue weighted by Gasteiger charge is -2.42. The van der Waals surface area contributed by atoms with Crippen molar-refractivity contribution in [1.29, 1.82) is 0 Å².